The molecule has 5 rings (SSSR count). The third-order valence-electron chi connectivity index (χ3n) is 12.0. The number of fused-ring (bicyclic) bond motifs is 5. The maximum absolute atomic E-state index is 14.8. The normalized spacial score (nSPS) is 16.6. The summed E-state index contributed by atoms with van der Waals surface area (Å²) in [4.78, 5) is 81.5. The second-order valence-corrected chi connectivity index (χ2v) is 18.7. The average Bonchev–Trinajstić information content (AvgIpc) is 3.30. The predicted molar refractivity (Wildman–Crippen MR) is 263 cm³/mol. The van der Waals surface area contributed by atoms with Crippen molar-refractivity contribution in [2.24, 2.45) is 34.5 Å². The molecule has 0 spiro atoms. The minimum absolute atomic E-state index is 0.0410. The third-order valence-corrected chi connectivity index (χ3v) is 12.0. The first-order valence-electron chi connectivity index (χ1n) is 23.4. The topological polar surface area (TPSA) is 282 Å². The van der Waals surface area contributed by atoms with Crippen molar-refractivity contribution in [1.29, 1.82) is 5.26 Å². The molecule has 368 valence electrons. The van der Waals surface area contributed by atoms with Gasteiger partial charge in [-0.1, -0.05) is 39.8 Å². The molecule has 1 aliphatic rings. The molecule has 0 radical (unpaired) electrons. The highest BCUT2D eigenvalue weighted by atomic mass is 16.5. The summed E-state index contributed by atoms with van der Waals surface area (Å²) in [6, 6.07) is 17.4. The van der Waals surface area contributed by atoms with E-state index in [1.54, 1.807) is 44.2 Å². The highest BCUT2D eigenvalue weighted by Gasteiger charge is 2.37. The second kappa shape index (κ2) is 24.5. The van der Waals surface area contributed by atoms with Crippen LogP contribution in [0.3, 0.4) is 0 Å². The molecule has 0 fully saturated rings. The number of ether oxygens (including phenoxy) is 3. The predicted octanol–water partition coefficient (Wildman–Crippen LogP) is 5.44. The number of nitriles is 1. The third kappa shape index (κ3) is 14.2. The largest absolute Gasteiger partial charge is 0.494 e. The van der Waals surface area contributed by atoms with Gasteiger partial charge in [-0.25, -0.2) is 9.97 Å². The molecular weight excluding hydrogens is 879 g/mol. The Bertz CT molecular complexity index is 2490. The fraction of sp³-hybridized carbons (Fsp3) is 0.462. The van der Waals surface area contributed by atoms with Gasteiger partial charge in [-0.3, -0.25) is 24.0 Å². The van der Waals surface area contributed by atoms with E-state index < -0.39 is 47.3 Å². The number of nitrogens with one attached hydrogen (secondary N) is 1. The van der Waals surface area contributed by atoms with Crippen LogP contribution < -0.4 is 42.5 Å². The summed E-state index contributed by atoms with van der Waals surface area (Å²) in [6.07, 6.45) is 0.288. The van der Waals surface area contributed by atoms with Crippen molar-refractivity contribution in [3.8, 4) is 45.8 Å². The molecule has 9 N–H and O–H groups in total. The molecule has 2 heterocycles. The number of aromatic nitrogens is 2. The summed E-state index contributed by atoms with van der Waals surface area (Å²) < 4.78 is 18.2. The summed E-state index contributed by atoms with van der Waals surface area (Å²) in [5.74, 6) is -2.56. The number of anilines is 1. The molecule has 1 aromatic heterocycles. The first-order valence-corrected chi connectivity index (χ1v) is 23.4. The zero-order valence-electron chi connectivity index (χ0n) is 40.6. The van der Waals surface area contributed by atoms with Crippen LogP contribution in [0.15, 0.2) is 60.7 Å². The summed E-state index contributed by atoms with van der Waals surface area (Å²) in [7, 11) is 1.48. The Balaban J connectivity index is 1.52. The van der Waals surface area contributed by atoms with Crippen molar-refractivity contribution in [1.82, 2.24) is 20.2 Å². The fourth-order valence-electron chi connectivity index (χ4n) is 8.21. The highest BCUT2D eigenvalue weighted by Crippen LogP contribution is 2.41. The molecule has 0 saturated heterocycles. The number of aryl methyl sites for hydroxylation is 1. The number of rotatable bonds is 20. The molecule has 69 heavy (non-hydrogen) atoms. The number of hydrogen-bond donors (Lipinski definition) is 5. The Labute approximate surface area is 404 Å². The Morgan fingerprint density at radius 1 is 0.884 bits per heavy atom. The number of nitrogens with two attached hydrogens (primary N) is 4. The van der Waals surface area contributed by atoms with Crippen molar-refractivity contribution < 1.29 is 38.2 Å². The zero-order valence-corrected chi connectivity index (χ0v) is 40.6. The SMILES string of the molecule is Cc1nc(-c2ccc(OCCC(C)(C)C)cc2)nc(N)c1C(=O)C[C@@H](CCN)C(=O)N(C)[C@@H]1C(=O)C[C@@H](C)C(=O)N[C@H](C(=O)CCC#N)Cc2ccc(OCCN)c(c2)-c2cc1ccc2OCCN. The van der Waals surface area contributed by atoms with Crippen LogP contribution in [0.5, 0.6) is 17.2 Å². The van der Waals surface area contributed by atoms with E-state index in [1.807, 2.05) is 36.4 Å². The number of hydrogen-bond acceptors (Lipinski definition) is 15. The van der Waals surface area contributed by atoms with Gasteiger partial charge in [0.2, 0.25) is 11.8 Å². The number of nitrogen functional groups attached to an aromatic ring is 1. The Kier molecular flexibility index (Phi) is 18.9. The molecule has 17 heteroatoms. The lowest BCUT2D eigenvalue weighted by Gasteiger charge is -2.32. The molecule has 4 aromatic rings. The van der Waals surface area contributed by atoms with Crippen LogP contribution in [0.2, 0.25) is 0 Å². The standard InChI is InChI=1S/C52H67N9O8/c1-31-26-43(64)47(35-12-16-45(69-25-22-56)39(29-35)38-27-33(9-15-44(38)68-24-21-55)28-40(59-50(31)65)41(62)8-7-19-53)61(6)51(66)36(17-20-54)30-42(63)46-32(2)58-49(60-48(46)57)34-10-13-37(14-11-34)67-23-18-52(3,4)5/h9-16,27,29,31,36,40,47H,7-8,17-18,20-26,28,30,54-56H2,1-6H3,(H,59,65)(H2,57,58,60)/t31-,36-,40+,47+/m1/s1. The molecule has 0 saturated carbocycles. The molecule has 4 atom stereocenters. The number of likely N-dealkylation sites (N-methyl/N-ethyl adjacent to an activating group) is 1. The van der Waals surface area contributed by atoms with Gasteiger partial charge in [0.1, 0.15) is 42.3 Å². The fourth-order valence-corrected chi connectivity index (χ4v) is 8.21. The lowest BCUT2D eigenvalue weighted by Crippen LogP contribution is -2.46. The van der Waals surface area contributed by atoms with Gasteiger partial charge in [0.25, 0.3) is 0 Å². The van der Waals surface area contributed by atoms with Crippen molar-refractivity contribution in [2.75, 3.05) is 52.2 Å². The molecule has 3 aromatic carbocycles. The number of Topliss-reactive ketones (excluding diaryl/α,β-unsaturated/α-hetero) is 3. The van der Waals surface area contributed by atoms with Gasteiger partial charge in [0.15, 0.2) is 23.2 Å². The van der Waals surface area contributed by atoms with Crippen LogP contribution in [-0.2, 0) is 25.6 Å². The van der Waals surface area contributed by atoms with Crippen LogP contribution in [0.1, 0.15) is 99.4 Å². The molecule has 0 aliphatic carbocycles. The lowest BCUT2D eigenvalue weighted by atomic mass is 9.88. The van der Waals surface area contributed by atoms with Crippen LogP contribution in [0, 0.1) is 35.5 Å². The average molecular weight is 946 g/mol. The number of carbonyl (C=O) groups is 5. The summed E-state index contributed by atoms with van der Waals surface area (Å²) in [5, 5.41) is 12.1. The van der Waals surface area contributed by atoms with Crippen LogP contribution in [0.25, 0.3) is 22.5 Å². The van der Waals surface area contributed by atoms with Crippen molar-refractivity contribution >= 4 is 35.0 Å². The second-order valence-electron chi connectivity index (χ2n) is 18.7. The Morgan fingerprint density at radius 2 is 1.54 bits per heavy atom. The smallest absolute Gasteiger partial charge is 0.226 e. The molecule has 4 bridgehead atoms. The van der Waals surface area contributed by atoms with Crippen molar-refractivity contribution in [3.05, 3.63) is 83.0 Å². The summed E-state index contributed by atoms with van der Waals surface area (Å²) in [5.41, 5.74) is 27.5. The number of benzene rings is 3. The van der Waals surface area contributed by atoms with Gasteiger partial charge in [0, 0.05) is 74.3 Å². The maximum Gasteiger partial charge on any atom is 0.226 e. The molecule has 2 amide bonds. The van der Waals surface area contributed by atoms with Crippen LogP contribution in [0.4, 0.5) is 5.82 Å². The van der Waals surface area contributed by atoms with Gasteiger partial charge in [0.05, 0.1) is 30.0 Å². The zero-order chi connectivity index (χ0) is 50.4. The van der Waals surface area contributed by atoms with Crippen molar-refractivity contribution in [2.45, 2.75) is 91.6 Å². The maximum atomic E-state index is 14.8. The monoisotopic (exact) mass is 946 g/mol. The van der Waals surface area contributed by atoms with E-state index in [9.17, 15) is 29.2 Å². The van der Waals surface area contributed by atoms with E-state index in [0.717, 1.165) is 6.42 Å². The van der Waals surface area contributed by atoms with E-state index in [0.29, 0.717) is 63.2 Å². The van der Waals surface area contributed by atoms with E-state index in [4.69, 9.17) is 37.1 Å². The molecular formula is C52H67N9O8. The first-order chi connectivity index (χ1) is 32.9. The summed E-state index contributed by atoms with van der Waals surface area (Å²) in [6.45, 7) is 11.0. The van der Waals surface area contributed by atoms with E-state index in [2.05, 4.69) is 36.1 Å². The minimum atomic E-state index is -1.28. The van der Waals surface area contributed by atoms with Gasteiger partial charge >= 0.3 is 0 Å². The van der Waals surface area contributed by atoms with Gasteiger partial charge < -0.3 is 47.4 Å². The first kappa shape index (κ1) is 53.2. The molecule has 17 nitrogen and oxygen atoms in total. The van der Waals surface area contributed by atoms with Crippen LogP contribution in [-0.4, -0.2) is 96.6 Å². The number of ketones is 3. The molecule has 0 unspecified atom stereocenters. The van der Waals surface area contributed by atoms with E-state index in [1.165, 1.54) is 11.9 Å². The summed E-state index contributed by atoms with van der Waals surface area (Å²) >= 11 is 0. The number of carbonyl (C=O) groups excluding carboxylic acids is 5. The van der Waals surface area contributed by atoms with Gasteiger partial charge in [-0.15, -0.1) is 0 Å². The molecule has 1 aliphatic heterocycles. The van der Waals surface area contributed by atoms with E-state index >= 15 is 0 Å². The highest BCUT2D eigenvalue weighted by molar-refractivity contribution is 6.03. The van der Waals surface area contributed by atoms with Crippen molar-refractivity contribution in [3.63, 3.8) is 0 Å². The quantitative estimate of drug-likeness (QED) is 0.0690. The van der Waals surface area contributed by atoms with E-state index in [-0.39, 0.29) is 94.0 Å². The van der Waals surface area contributed by atoms with Gasteiger partial charge in [-0.2, -0.15) is 5.26 Å². The minimum Gasteiger partial charge on any atom is -0.494 e. The number of nitrogens with zero attached hydrogens (tertiary/aromatic N) is 4. The number of amides is 2. The van der Waals surface area contributed by atoms with Crippen LogP contribution >= 0.6 is 0 Å². The Morgan fingerprint density at radius 3 is 2.14 bits per heavy atom. The Hall–Kier alpha value is -6.74. The lowest BCUT2D eigenvalue weighted by molar-refractivity contribution is -0.142. The van der Waals surface area contributed by atoms with Gasteiger partial charge in [-0.05, 0) is 97.8 Å².